The van der Waals surface area contributed by atoms with Crippen molar-refractivity contribution >= 4 is 77.1 Å². The monoisotopic (exact) mass is 1030 g/mol. The number of hydrogen-bond acceptors (Lipinski definition) is 14. The number of amides is 7. The average molecular weight is 1030 g/mol. The second-order valence-electron chi connectivity index (χ2n) is 18.1. The number of aliphatic carboxylic acids is 4. The third-order valence-corrected chi connectivity index (χ3v) is 10.9. The Kier molecular flexibility index (Phi) is 27.7. The van der Waals surface area contributed by atoms with E-state index in [0.29, 0.717) is 0 Å². The Morgan fingerprint density at radius 3 is 1.36 bits per heavy atom. The molecule has 0 aromatic heterocycles. The highest BCUT2D eigenvalue weighted by atomic mass is 16.4. The number of carbonyl (C=O) groups excluding carboxylic acids is 7. The zero-order valence-corrected chi connectivity index (χ0v) is 41.1. The van der Waals surface area contributed by atoms with Crippen LogP contribution in [-0.2, 0) is 52.7 Å². The summed E-state index contributed by atoms with van der Waals surface area (Å²) in [5.74, 6) is -13.0. The highest BCUT2D eigenvalue weighted by Gasteiger charge is 2.40. The van der Waals surface area contributed by atoms with Crippen molar-refractivity contribution < 1.29 is 73.2 Å². The number of aliphatic imine (C=N–C) groups is 2. The minimum atomic E-state index is -1.66. The molecule has 1 rings (SSSR count). The molecule has 29 nitrogen and oxygen atoms in total. The zero-order valence-electron chi connectivity index (χ0n) is 41.1. The van der Waals surface area contributed by atoms with Gasteiger partial charge in [0.2, 0.25) is 41.4 Å². The molecule has 7 amide bonds. The van der Waals surface area contributed by atoms with E-state index in [1.54, 1.807) is 27.7 Å². The fraction of sp³-hybridized carbons (Fsp3) is 0.698. The molecule has 1 heterocycles. The Bertz CT molecular complexity index is 1980. The first kappa shape index (κ1) is 62.7. The number of carboxylic acids is 4. The van der Waals surface area contributed by atoms with E-state index in [1.165, 1.54) is 0 Å². The molecule has 406 valence electrons. The van der Waals surface area contributed by atoms with Gasteiger partial charge in [0.1, 0.15) is 42.3 Å². The number of nitrogens with one attached hydrogen (secondary N) is 6. The Labute approximate surface area is 416 Å². The Balaban J connectivity index is 3.53. The summed E-state index contributed by atoms with van der Waals surface area (Å²) >= 11 is 0. The minimum absolute atomic E-state index is 0.0249. The van der Waals surface area contributed by atoms with Crippen molar-refractivity contribution in [2.75, 3.05) is 19.6 Å². The van der Waals surface area contributed by atoms with Crippen LogP contribution in [0.2, 0.25) is 0 Å². The highest BCUT2D eigenvalue weighted by Crippen LogP contribution is 2.21. The molecule has 0 bridgehead atoms. The van der Waals surface area contributed by atoms with E-state index in [9.17, 15) is 68.1 Å². The SMILES string of the molecule is CC(C)CC(NC(=O)C(CCCN=C(N)N)NC(=O)C(CCCN=C(N)N)NC(=O)C(CCC(=O)O)NC(=O)C(CC(C)C)NC(=O)C1CCCN1C(=O)C(CCC(=O)O)NC(=O)C(N)CC(=O)O)C(=O)O. The molecule has 29 heteroatoms. The summed E-state index contributed by atoms with van der Waals surface area (Å²) in [6.07, 6.45) is -2.78. The molecular weight excluding hydrogens is 953 g/mol. The van der Waals surface area contributed by atoms with Crippen LogP contribution in [0, 0.1) is 11.8 Å². The van der Waals surface area contributed by atoms with Gasteiger partial charge in [-0.15, -0.1) is 0 Å². The summed E-state index contributed by atoms with van der Waals surface area (Å²) in [5, 5.41) is 52.6. The minimum Gasteiger partial charge on any atom is -0.481 e. The van der Waals surface area contributed by atoms with E-state index in [1.807, 2.05) is 0 Å². The highest BCUT2D eigenvalue weighted by molar-refractivity contribution is 5.98. The summed E-state index contributed by atoms with van der Waals surface area (Å²) in [7, 11) is 0. The van der Waals surface area contributed by atoms with Gasteiger partial charge in [0.25, 0.3) is 0 Å². The van der Waals surface area contributed by atoms with E-state index in [4.69, 9.17) is 33.8 Å². The van der Waals surface area contributed by atoms with Gasteiger partial charge in [0.15, 0.2) is 11.9 Å². The lowest BCUT2D eigenvalue weighted by molar-refractivity contribution is -0.144. The van der Waals surface area contributed by atoms with E-state index in [-0.39, 0.29) is 94.8 Å². The average Bonchev–Trinajstić information content (AvgIpc) is 3.77. The predicted octanol–water partition coefficient (Wildman–Crippen LogP) is -4.30. The molecule has 0 radical (unpaired) electrons. The van der Waals surface area contributed by atoms with Crippen molar-refractivity contribution in [2.45, 2.75) is 160 Å². The van der Waals surface area contributed by atoms with Crippen molar-refractivity contribution in [3.63, 3.8) is 0 Å². The number of nitrogens with two attached hydrogens (primary N) is 5. The lowest BCUT2D eigenvalue weighted by atomic mass is 10.0. The van der Waals surface area contributed by atoms with Gasteiger partial charge >= 0.3 is 23.9 Å². The number of rotatable bonds is 34. The van der Waals surface area contributed by atoms with Crippen molar-refractivity contribution in [3.05, 3.63) is 0 Å². The second kappa shape index (κ2) is 31.8. The molecule has 1 aliphatic heterocycles. The van der Waals surface area contributed by atoms with Crippen molar-refractivity contribution in [1.29, 1.82) is 0 Å². The fourth-order valence-electron chi connectivity index (χ4n) is 7.42. The molecule has 1 fully saturated rings. The number of carbonyl (C=O) groups is 11. The van der Waals surface area contributed by atoms with Crippen LogP contribution in [0.1, 0.15) is 111 Å². The van der Waals surface area contributed by atoms with E-state index < -0.39 is 146 Å². The van der Waals surface area contributed by atoms with E-state index in [2.05, 4.69) is 41.9 Å². The van der Waals surface area contributed by atoms with E-state index >= 15 is 0 Å². The van der Waals surface area contributed by atoms with Gasteiger partial charge in [-0.25, -0.2) is 4.79 Å². The predicted molar refractivity (Wildman–Crippen MR) is 257 cm³/mol. The van der Waals surface area contributed by atoms with E-state index in [0.717, 1.165) is 4.90 Å². The van der Waals surface area contributed by atoms with Crippen LogP contribution in [0.4, 0.5) is 0 Å². The number of guanidine groups is 2. The fourth-order valence-corrected chi connectivity index (χ4v) is 7.42. The molecular formula is C43H74N14O15. The largest absolute Gasteiger partial charge is 0.481 e. The Morgan fingerprint density at radius 2 is 0.944 bits per heavy atom. The van der Waals surface area contributed by atoms with Crippen molar-refractivity contribution in [1.82, 2.24) is 36.8 Å². The normalized spacial score (nSPS) is 16.0. The molecule has 1 saturated heterocycles. The number of nitrogens with zero attached hydrogens (tertiary/aromatic N) is 3. The molecule has 20 N–H and O–H groups in total. The van der Waals surface area contributed by atoms with Crippen molar-refractivity contribution in [3.8, 4) is 0 Å². The van der Waals surface area contributed by atoms with Crippen molar-refractivity contribution in [2.24, 2.45) is 50.5 Å². The molecule has 1 aliphatic rings. The molecule has 8 unspecified atom stereocenters. The maximum absolute atomic E-state index is 14.1. The summed E-state index contributed by atoms with van der Waals surface area (Å²) in [4.78, 5) is 152. The van der Waals surface area contributed by atoms with Crippen LogP contribution in [0.3, 0.4) is 0 Å². The van der Waals surface area contributed by atoms with Crippen LogP contribution in [0.5, 0.6) is 0 Å². The van der Waals surface area contributed by atoms with Gasteiger partial charge in [-0.2, -0.15) is 0 Å². The van der Waals surface area contributed by atoms with Gasteiger partial charge in [0, 0.05) is 32.5 Å². The number of carboxylic acid groups (broad SMARTS) is 4. The third kappa shape index (κ3) is 24.5. The third-order valence-electron chi connectivity index (χ3n) is 10.9. The molecule has 0 aliphatic carbocycles. The smallest absolute Gasteiger partial charge is 0.326 e. The lowest BCUT2D eigenvalue weighted by Crippen LogP contribution is -2.60. The Hall–Kier alpha value is -7.33. The summed E-state index contributed by atoms with van der Waals surface area (Å²) in [6, 6.07) is -11.6. The molecule has 0 spiro atoms. The first-order valence-electron chi connectivity index (χ1n) is 23.5. The van der Waals surface area contributed by atoms with Crippen LogP contribution in [0.15, 0.2) is 9.98 Å². The van der Waals surface area contributed by atoms with Gasteiger partial charge < -0.3 is 85.9 Å². The summed E-state index contributed by atoms with van der Waals surface area (Å²) < 4.78 is 0. The second-order valence-corrected chi connectivity index (χ2v) is 18.1. The summed E-state index contributed by atoms with van der Waals surface area (Å²) in [6.45, 7) is 6.88. The van der Waals surface area contributed by atoms with Crippen LogP contribution >= 0.6 is 0 Å². The molecule has 0 saturated carbocycles. The first-order chi connectivity index (χ1) is 33.6. The topological polar surface area (TPSA) is 499 Å². The number of hydrogen-bond donors (Lipinski definition) is 15. The van der Waals surface area contributed by atoms with Gasteiger partial charge in [-0.1, -0.05) is 27.7 Å². The standard InChI is InChI=1S/C43H74N14O15/c1-21(2)18-28(55-39(69)30-10-7-17-57(30)40(70)27(12-14-32(60)61)54-34(64)23(44)20-33(62)63)38(68)53-26(11-13-31(58)59)37(67)52-24(8-5-15-49-42(45)46)35(65)51-25(9-6-16-50-43(47)48)36(66)56-29(41(71)72)19-22(3)4/h21-30H,5-20,44H2,1-4H3,(H,51,65)(H,52,67)(H,53,68)(H,54,64)(H,55,69)(H,56,66)(H,58,59)(H,60,61)(H,62,63)(H,71,72)(H4,45,46,49)(H4,47,48,50). The quantitative estimate of drug-likeness (QED) is 0.0165. The van der Waals surface area contributed by atoms with Gasteiger partial charge in [-0.05, 0) is 76.0 Å². The van der Waals surface area contributed by atoms with Gasteiger partial charge in [0.05, 0.1) is 12.5 Å². The van der Waals surface area contributed by atoms with Crippen LogP contribution < -0.4 is 60.6 Å². The first-order valence-corrected chi connectivity index (χ1v) is 23.5. The molecule has 8 atom stereocenters. The van der Waals surface area contributed by atoms with Crippen LogP contribution in [-0.4, -0.2) is 170 Å². The molecule has 0 aromatic rings. The van der Waals surface area contributed by atoms with Gasteiger partial charge in [-0.3, -0.25) is 57.9 Å². The van der Waals surface area contributed by atoms with Crippen LogP contribution in [0.25, 0.3) is 0 Å². The Morgan fingerprint density at radius 1 is 0.542 bits per heavy atom. The maximum atomic E-state index is 14.1. The lowest BCUT2D eigenvalue weighted by Gasteiger charge is -2.31. The molecule has 0 aromatic carbocycles. The number of likely N-dealkylation sites (tertiary alicyclic amines) is 1. The maximum Gasteiger partial charge on any atom is 0.326 e. The molecule has 72 heavy (non-hydrogen) atoms. The zero-order chi connectivity index (χ0) is 54.8. The summed E-state index contributed by atoms with van der Waals surface area (Å²) in [5.41, 5.74) is 27.4.